The fourth-order valence-corrected chi connectivity index (χ4v) is 5.36. The second-order valence-electron chi connectivity index (χ2n) is 9.79. The maximum Gasteiger partial charge on any atom is 0.213 e. The number of anilines is 1. The summed E-state index contributed by atoms with van der Waals surface area (Å²) in [6, 6.07) is 20.7. The van der Waals surface area contributed by atoms with E-state index in [4.69, 9.17) is 43.2 Å². The molecule has 9 heteroatoms. The van der Waals surface area contributed by atoms with Crippen molar-refractivity contribution in [1.29, 1.82) is 5.41 Å². The molecule has 0 unspecified atom stereocenters. The third-order valence-corrected chi connectivity index (χ3v) is 7.45. The van der Waals surface area contributed by atoms with E-state index < -0.39 is 5.60 Å². The van der Waals surface area contributed by atoms with Gasteiger partial charge in [0.15, 0.2) is 0 Å². The Balaban J connectivity index is 1.54. The molecule has 1 aliphatic heterocycles. The highest BCUT2D eigenvalue weighted by Gasteiger charge is 2.34. The summed E-state index contributed by atoms with van der Waals surface area (Å²) in [5.41, 5.74) is 2.36. The van der Waals surface area contributed by atoms with E-state index in [0.717, 1.165) is 23.4 Å². The van der Waals surface area contributed by atoms with Crippen molar-refractivity contribution < 1.29 is 19.7 Å². The predicted molar refractivity (Wildman–Crippen MR) is 156 cm³/mol. The van der Waals surface area contributed by atoms with Crippen LogP contribution in [-0.2, 0) is 10.3 Å². The van der Waals surface area contributed by atoms with Crippen molar-refractivity contribution in [2.24, 2.45) is 0 Å². The van der Waals surface area contributed by atoms with Gasteiger partial charge in [-0.3, -0.25) is 10.3 Å². The van der Waals surface area contributed by atoms with Crippen molar-refractivity contribution in [2.75, 3.05) is 50.9 Å². The Kier molecular flexibility index (Phi) is 9.75. The van der Waals surface area contributed by atoms with E-state index in [2.05, 4.69) is 9.80 Å². The van der Waals surface area contributed by atoms with Crippen LogP contribution in [0.15, 0.2) is 66.7 Å². The van der Waals surface area contributed by atoms with Crippen LogP contribution in [0.5, 0.6) is 5.75 Å². The maximum atomic E-state index is 11.5. The second-order valence-corrected chi connectivity index (χ2v) is 10.6. The molecule has 0 aliphatic carbocycles. The molecule has 3 aromatic rings. The first-order valence-corrected chi connectivity index (χ1v) is 13.8. The summed E-state index contributed by atoms with van der Waals surface area (Å²) in [4.78, 5) is 4.54. The number of nitrogens with zero attached hydrogens (tertiary/aromatic N) is 2. The van der Waals surface area contributed by atoms with Crippen LogP contribution in [-0.4, -0.2) is 67.0 Å². The smallest absolute Gasteiger partial charge is 0.213 e. The second kappa shape index (κ2) is 13.0. The van der Waals surface area contributed by atoms with Gasteiger partial charge in [-0.15, -0.1) is 0 Å². The number of hydrogen-bond donors (Lipinski definition) is 3. The Hall–Kier alpha value is -2.81. The average Bonchev–Trinajstić information content (AvgIpc) is 2.92. The lowest BCUT2D eigenvalue weighted by Gasteiger charge is -2.45. The van der Waals surface area contributed by atoms with Crippen molar-refractivity contribution in [3.63, 3.8) is 0 Å². The Morgan fingerprint density at radius 3 is 2.41 bits per heavy atom. The van der Waals surface area contributed by atoms with Crippen LogP contribution in [0.4, 0.5) is 5.69 Å². The number of benzene rings is 3. The zero-order valence-corrected chi connectivity index (χ0v) is 23.8. The fourth-order valence-electron chi connectivity index (χ4n) is 4.95. The number of rotatable bonds is 10. The molecule has 1 fully saturated rings. The van der Waals surface area contributed by atoms with Crippen LogP contribution in [0, 0.1) is 5.41 Å². The van der Waals surface area contributed by atoms with Crippen LogP contribution in [0.3, 0.4) is 0 Å². The molecular formula is C30H35Cl2N3O4. The summed E-state index contributed by atoms with van der Waals surface area (Å²) in [5.74, 6) is 0.732. The van der Waals surface area contributed by atoms with Gasteiger partial charge in [-0.25, -0.2) is 0 Å². The number of ether oxygens (including phenoxy) is 2. The molecule has 1 heterocycles. The van der Waals surface area contributed by atoms with E-state index in [-0.39, 0.29) is 25.2 Å². The van der Waals surface area contributed by atoms with Crippen LogP contribution in [0.1, 0.15) is 36.6 Å². The number of piperazine rings is 1. The van der Waals surface area contributed by atoms with E-state index in [9.17, 15) is 5.11 Å². The number of aliphatic hydroxyl groups excluding tert-OH is 1. The summed E-state index contributed by atoms with van der Waals surface area (Å²) < 4.78 is 10.8. The van der Waals surface area contributed by atoms with Crippen molar-refractivity contribution in [3.8, 4) is 5.75 Å². The first-order valence-electron chi connectivity index (χ1n) is 13.0. The van der Waals surface area contributed by atoms with E-state index in [1.54, 1.807) is 6.07 Å². The normalized spacial score (nSPS) is 17.5. The van der Waals surface area contributed by atoms with Gasteiger partial charge in [0.25, 0.3) is 0 Å². The van der Waals surface area contributed by atoms with E-state index in [0.29, 0.717) is 47.6 Å². The number of hydrogen-bond acceptors (Lipinski definition) is 7. The fraction of sp³-hybridized carbons (Fsp3) is 0.367. The average molecular weight is 573 g/mol. The predicted octanol–water partition coefficient (Wildman–Crippen LogP) is 5.50. The molecule has 4 rings (SSSR count). The molecule has 1 aliphatic rings. The summed E-state index contributed by atoms with van der Waals surface area (Å²) in [5, 5.41) is 29.8. The molecule has 3 N–H and O–H groups in total. The molecule has 2 atom stereocenters. The van der Waals surface area contributed by atoms with Gasteiger partial charge < -0.3 is 24.6 Å². The highest BCUT2D eigenvalue weighted by molar-refractivity contribution is 6.33. The van der Waals surface area contributed by atoms with Crippen molar-refractivity contribution >= 4 is 34.8 Å². The lowest BCUT2D eigenvalue weighted by Crippen LogP contribution is -2.52. The number of nitrogens with one attached hydrogen (secondary N) is 1. The minimum absolute atomic E-state index is 0.0254. The number of halogens is 2. The molecule has 0 radical (unpaired) electrons. The zero-order valence-electron chi connectivity index (χ0n) is 22.2. The highest BCUT2D eigenvalue weighted by Crippen LogP contribution is 2.38. The molecule has 39 heavy (non-hydrogen) atoms. The molecule has 0 aromatic heterocycles. The van der Waals surface area contributed by atoms with Crippen molar-refractivity contribution in [2.45, 2.75) is 25.5 Å². The molecule has 0 amide bonds. The largest absolute Gasteiger partial charge is 0.491 e. The Bertz CT molecular complexity index is 1250. The topological polar surface area (TPSA) is 89.3 Å². The Morgan fingerprint density at radius 2 is 1.77 bits per heavy atom. The number of β-amino-alcohol motifs (C(OH)–C–C–N with tert-alkyl or cyclic N) is 1. The van der Waals surface area contributed by atoms with Crippen molar-refractivity contribution in [3.05, 3.63) is 93.5 Å². The highest BCUT2D eigenvalue weighted by atomic mass is 35.5. The van der Waals surface area contributed by atoms with Gasteiger partial charge in [0.2, 0.25) is 5.90 Å². The van der Waals surface area contributed by atoms with Crippen LogP contribution in [0.25, 0.3) is 0 Å². The van der Waals surface area contributed by atoms with Gasteiger partial charge in [-0.05, 0) is 61.4 Å². The van der Waals surface area contributed by atoms with Gasteiger partial charge in [0, 0.05) is 42.8 Å². The van der Waals surface area contributed by atoms with E-state index in [1.807, 2.05) is 74.5 Å². The molecule has 0 saturated carbocycles. The van der Waals surface area contributed by atoms with Crippen molar-refractivity contribution in [1.82, 2.24) is 4.90 Å². The maximum absolute atomic E-state index is 11.5. The van der Waals surface area contributed by atoms with E-state index in [1.165, 1.54) is 0 Å². The standard InChI is InChI=1S/C30H35Cl2N3O4/c1-3-38-29(33)22-4-8-23(9-5-22)30(2,37)20-34-14-15-35(28(19-34)21-6-10-24(31)11-7-21)27-13-12-25(18-26(27)32)39-17-16-36/h4-13,18,28,33,36-37H,3,14-17,19-20H2,1-2H3/t28-,30+/m0/s1. The summed E-state index contributed by atoms with van der Waals surface area (Å²) >= 11 is 12.9. The third-order valence-electron chi connectivity index (χ3n) is 6.90. The quantitative estimate of drug-likeness (QED) is 0.220. The molecule has 3 aromatic carbocycles. The number of aliphatic hydroxyl groups is 2. The van der Waals surface area contributed by atoms with Crippen LogP contribution < -0.4 is 9.64 Å². The monoisotopic (exact) mass is 571 g/mol. The van der Waals surface area contributed by atoms with E-state index >= 15 is 0 Å². The zero-order chi connectivity index (χ0) is 28.0. The van der Waals surface area contributed by atoms with Crippen LogP contribution >= 0.6 is 23.2 Å². The van der Waals surface area contributed by atoms with Gasteiger partial charge >= 0.3 is 0 Å². The lowest BCUT2D eigenvalue weighted by molar-refractivity contribution is 0.0103. The molecule has 0 spiro atoms. The van der Waals surface area contributed by atoms with Gasteiger partial charge in [0.05, 0.1) is 35.6 Å². The van der Waals surface area contributed by atoms with Gasteiger partial charge in [-0.2, -0.15) is 0 Å². The summed E-state index contributed by atoms with van der Waals surface area (Å²) in [6.07, 6.45) is 0. The molecule has 208 valence electrons. The SMILES string of the molecule is CCOC(=N)c1ccc([C@](C)(O)CN2CCN(c3ccc(OCCO)cc3Cl)[C@H](c3ccc(Cl)cc3)C2)cc1. The first-order chi connectivity index (χ1) is 18.7. The van der Waals surface area contributed by atoms with Gasteiger partial charge in [0.1, 0.15) is 12.4 Å². The first kappa shape index (κ1) is 29.2. The Labute approximate surface area is 240 Å². The Morgan fingerprint density at radius 1 is 1.05 bits per heavy atom. The molecule has 0 bridgehead atoms. The summed E-state index contributed by atoms with van der Waals surface area (Å²) in [7, 11) is 0. The molecule has 1 saturated heterocycles. The lowest BCUT2D eigenvalue weighted by atomic mass is 9.93. The summed E-state index contributed by atoms with van der Waals surface area (Å²) in [6.45, 7) is 6.79. The molecular weight excluding hydrogens is 537 g/mol. The minimum atomic E-state index is -1.09. The molecule has 7 nitrogen and oxygen atoms in total. The third kappa shape index (κ3) is 7.24. The van der Waals surface area contributed by atoms with Gasteiger partial charge in [-0.1, -0.05) is 47.5 Å². The van der Waals surface area contributed by atoms with Crippen LogP contribution in [0.2, 0.25) is 10.0 Å². The minimum Gasteiger partial charge on any atom is -0.491 e.